The van der Waals surface area contributed by atoms with Crippen molar-refractivity contribution in [2.45, 2.75) is 19.9 Å². The van der Waals surface area contributed by atoms with Crippen molar-refractivity contribution >= 4 is 0 Å². The summed E-state index contributed by atoms with van der Waals surface area (Å²) in [5, 5.41) is 0. The lowest BCUT2D eigenvalue weighted by molar-refractivity contribution is 0.112. The van der Waals surface area contributed by atoms with Crippen LogP contribution in [0.1, 0.15) is 25.5 Å². The second kappa shape index (κ2) is 8.95. The molecule has 0 spiro atoms. The second-order valence-electron chi connectivity index (χ2n) is 5.41. The number of rotatable bonds is 9. The Hall–Kier alpha value is -1.10. The third kappa shape index (κ3) is 5.12. The van der Waals surface area contributed by atoms with Gasteiger partial charge in [-0.2, -0.15) is 0 Å². The van der Waals surface area contributed by atoms with Gasteiger partial charge in [0, 0.05) is 32.8 Å². The van der Waals surface area contributed by atoms with E-state index in [9.17, 15) is 0 Å². The molecular weight excluding hydrogens is 252 g/mol. The van der Waals surface area contributed by atoms with Crippen LogP contribution in [0.3, 0.4) is 0 Å². The molecule has 0 amide bonds. The Bertz CT molecular complexity index is 365. The fraction of sp³-hybridized carbons (Fsp3) is 0.625. The molecule has 0 aliphatic heterocycles. The minimum Gasteiger partial charge on any atom is -0.497 e. The van der Waals surface area contributed by atoms with Crippen molar-refractivity contribution in [3.05, 3.63) is 29.8 Å². The van der Waals surface area contributed by atoms with Gasteiger partial charge in [-0.1, -0.05) is 26.0 Å². The van der Waals surface area contributed by atoms with Gasteiger partial charge in [0.2, 0.25) is 0 Å². The van der Waals surface area contributed by atoms with Crippen molar-refractivity contribution in [3.8, 4) is 5.75 Å². The van der Waals surface area contributed by atoms with Crippen molar-refractivity contribution in [2.75, 3.05) is 40.5 Å². The van der Waals surface area contributed by atoms with Gasteiger partial charge >= 0.3 is 0 Å². The lowest BCUT2D eigenvalue weighted by atomic mass is 10.0. The average Bonchev–Trinajstić information content (AvgIpc) is 2.45. The third-order valence-electron chi connectivity index (χ3n) is 3.35. The Morgan fingerprint density at radius 2 is 1.80 bits per heavy atom. The molecule has 0 bridgehead atoms. The van der Waals surface area contributed by atoms with Crippen LogP contribution in [0.5, 0.6) is 5.75 Å². The fourth-order valence-corrected chi connectivity index (χ4v) is 2.37. The number of hydrogen-bond donors (Lipinski definition) is 1. The lowest BCUT2D eigenvalue weighted by Crippen LogP contribution is -2.38. The van der Waals surface area contributed by atoms with E-state index in [1.807, 2.05) is 12.1 Å². The van der Waals surface area contributed by atoms with E-state index in [0.717, 1.165) is 25.4 Å². The number of benzene rings is 1. The Morgan fingerprint density at radius 1 is 1.15 bits per heavy atom. The van der Waals surface area contributed by atoms with E-state index in [-0.39, 0.29) is 6.04 Å². The van der Waals surface area contributed by atoms with Crippen LogP contribution >= 0.6 is 0 Å². The van der Waals surface area contributed by atoms with Crippen molar-refractivity contribution in [3.63, 3.8) is 0 Å². The van der Waals surface area contributed by atoms with Crippen LogP contribution in [-0.2, 0) is 4.74 Å². The molecule has 1 aromatic rings. The molecule has 1 atom stereocenters. The highest BCUT2D eigenvalue weighted by molar-refractivity contribution is 5.29. The number of nitrogens with zero attached hydrogens (tertiary/aromatic N) is 1. The Morgan fingerprint density at radius 3 is 2.25 bits per heavy atom. The third-order valence-corrected chi connectivity index (χ3v) is 3.35. The maximum atomic E-state index is 6.01. The van der Waals surface area contributed by atoms with Crippen molar-refractivity contribution < 1.29 is 9.47 Å². The first-order chi connectivity index (χ1) is 9.62. The molecule has 0 saturated carbocycles. The van der Waals surface area contributed by atoms with E-state index in [2.05, 4.69) is 30.9 Å². The molecule has 0 aliphatic carbocycles. The predicted octanol–water partition coefficient (Wildman–Crippen LogP) is 2.30. The molecule has 0 aliphatic rings. The zero-order valence-corrected chi connectivity index (χ0v) is 13.1. The predicted molar refractivity (Wildman–Crippen MR) is 83.1 cm³/mol. The van der Waals surface area contributed by atoms with Crippen LogP contribution in [0.15, 0.2) is 24.3 Å². The molecular formula is C16H28N2O2. The average molecular weight is 280 g/mol. The highest BCUT2D eigenvalue weighted by atomic mass is 16.5. The van der Waals surface area contributed by atoms with E-state index < -0.39 is 0 Å². The van der Waals surface area contributed by atoms with Crippen molar-refractivity contribution in [1.29, 1.82) is 0 Å². The van der Waals surface area contributed by atoms with Gasteiger partial charge in [0.1, 0.15) is 5.75 Å². The first-order valence-electron chi connectivity index (χ1n) is 7.19. The summed E-state index contributed by atoms with van der Waals surface area (Å²) in [6.07, 6.45) is 0. The van der Waals surface area contributed by atoms with Crippen LogP contribution < -0.4 is 10.5 Å². The normalized spacial score (nSPS) is 12.9. The van der Waals surface area contributed by atoms with E-state index >= 15 is 0 Å². The second-order valence-corrected chi connectivity index (χ2v) is 5.41. The Balaban J connectivity index is 2.85. The monoisotopic (exact) mass is 280 g/mol. The van der Waals surface area contributed by atoms with Gasteiger partial charge in [-0.15, -0.1) is 0 Å². The summed E-state index contributed by atoms with van der Waals surface area (Å²) in [5.74, 6) is 1.47. The summed E-state index contributed by atoms with van der Waals surface area (Å²) < 4.78 is 10.4. The summed E-state index contributed by atoms with van der Waals surface area (Å²) in [6.45, 7) is 7.67. The number of nitrogens with two attached hydrogens (primary N) is 1. The SMILES string of the molecule is COCCN(CC(C)C)C(CN)c1ccc(OC)cc1. The molecule has 4 nitrogen and oxygen atoms in total. The van der Waals surface area contributed by atoms with Gasteiger partial charge in [0.15, 0.2) is 0 Å². The molecule has 1 unspecified atom stereocenters. The highest BCUT2D eigenvalue weighted by Crippen LogP contribution is 2.23. The summed E-state index contributed by atoms with van der Waals surface area (Å²) in [7, 11) is 3.41. The molecule has 1 rings (SSSR count). The van der Waals surface area contributed by atoms with E-state index in [0.29, 0.717) is 12.5 Å². The molecule has 0 aromatic heterocycles. The molecule has 1 aromatic carbocycles. The topological polar surface area (TPSA) is 47.7 Å². The molecule has 0 saturated heterocycles. The molecule has 20 heavy (non-hydrogen) atoms. The summed E-state index contributed by atoms with van der Waals surface area (Å²) >= 11 is 0. The van der Waals surface area contributed by atoms with Crippen LogP contribution in [0.25, 0.3) is 0 Å². The van der Waals surface area contributed by atoms with Gasteiger partial charge in [0.25, 0.3) is 0 Å². The minimum absolute atomic E-state index is 0.221. The maximum absolute atomic E-state index is 6.01. The summed E-state index contributed by atoms with van der Waals surface area (Å²) in [4.78, 5) is 2.40. The van der Waals surface area contributed by atoms with E-state index in [4.69, 9.17) is 15.2 Å². The van der Waals surface area contributed by atoms with Crippen molar-refractivity contribution in [2.24, 2.45) is 11.7 Å². The van der Waals surface area contributed by atoms with E-state index in [1.54, 1.807) is 14.2 Å². The van der Waals surface area contributed by atoms with Gasteiger partial charge in [-0.05, 0) is 23.6 Å². The molecule has 2 N–H and O–H groups in total. The van der Waals surface area contributed by atoms with Crippen LogP contribution in [0.4, 0.5) is 0 Å². The first kappa shape index (κ1) is 17.0. The first-order valence-corrected chi connectivity index (χ1v) is 7.19. The number of methoxy groups -OCH3 is 2. The fourth-order valence-electron chi connectivity index (χ4n) is 2.37. The zero-order valence-electron chi connectivity index (χ0n) is 13.1. The van der Waals surface area contributed by atoms with Crippen LogP contribution in [-0.4, -0.2) is 45.4 Å². The highest BCUT2D eigenvalue weighted by Gasteiger charge is 2.19. The van der Waals surface area contributed by atoms with Gasteiger partial charge in [-0.3, -0.25) is 4.90 Å². The van der Waals surface area contributed by atoms with Crippen LogP contribution in [0.2, 0.25) is 0 Å². The smallest absolute Gasteiger partial charge is 0.118 e. The quantitative estimate of drug-likeness (QED) is 0.754. The van der Waals surface area contributed by atoms with Gasteiger partial charge < -0.3 is 15.2 Å². The standard InChI is InChI=1S/C16H28N2O2/c1-13(2)12-18(9-10-19-3)16(11-17)14-5-7-15(20-4)8-6-14/h5-8,13,16H,9-12,17H2,1-4H3. The zero-order chi connectivity index (χ0) is 15.0. The molecule has 114 valence electrons. The molecule has 0 heterocycles. The van der Waals surface area contributed by atoms with Gasteiger partial charge in [-0.25, -0.2) is 0 Å². The molecule has 4 heteroatoms. The maximum Gasteiger partial charge on any atom is 0.118 e. The van der Waals surface area contributed by atoms with E-state index in [1.165, 1.54) is 5.56 Å². The Labute approximate surface area is 122 Å². The minimum atomic E-state index is 0.221. The lowest BCUT2D eigenvalue weighted by Gasteiger charge is -2.32. The molecule has 0 fully saturated rings. The number of hydrogen-bond acceptors (Lipinski definition) is 4. The summed E-state index contributed by atoms with van der Waals surface area (Å²) in [5.41, 5.74) is 7.24. The Kier molecular flexibility index (Phi) is 7.59. The largest absolute Gasteiger partial charge is 0.497 e. The number of ether oxygens (including phenoxy) is 2. The summed E-state index contributed by atoms with van der Waals surface area (Å²) in [6, 6.07) is 8.38. The molecule has 0 radical (unpaired) electrons. The van der Waals surface area contributed by atoms with Crippen LogP contribution in [0, 0.1) is 5.92 Å². The van der Waals surface area contributed by atoms with Gasteiger partial charge in [0.05, 0.1) is 13.7 Å². The van der Waals surface area contributed by atoms with Crippen molar-refractivity contribution in [1.82, 2.24) is 4.90 Å².